The third kappa shape index (κ3) is 2.97. The first-order valence-corrected chi connectivity index (χ1v) is 4.88. The third-order valence-corrected chi connectivity index (χ3v) is 2.21. The fourth-order valence-electron chi connectivity index (χ4n) is 1.08. The highest BCUT2D eigenvalue weighted by Crippen LogP contribution is 2.20. The summed E-state index contributed by atoms with van der Waals surface area (Å²) >= 11 is 5.67. The van der Waals surface area contributed by atoms with Crippen molar-refractivity contribution < 1.29 is 17.4 Å². The summed E-state index contributed by atoms with van der Waals surface area (Å²) in [4.78, 5) is 22.8. The number of anilines is 1. The summed E-state index contributed by atoms with van der Waals surface area (Å²) in [7, 11) is 0. The zero-order chi connectivity index (χ0) is 14.1. The maximum Gasteiger partial charge on any atom is 0.306 e. The minimum absolute atomic E-state index is 0.0222. The van der Waals surface area contributed by atoms with Crippen LogP contribution in [0.25, 0.3) is 0 Å². The van der Waals surface area contributed by atoms with Gasteiger partial charge in [-0.15, -0.1) is 0 Å². The molecule has 16 heavy (non-hydrogen) atoms. The largest absolute Gasteiger partial charge is 0.481 e. The fraction of sp³-hybridized carbons (Fsp3) is 0.273. The van der Waals surface area contributed by atoms with Crippen LogP contribution in [0.2, 0.25) is 5.02 Å². The SMILES string of the molecule is [2H]C([2H])(C(=O)c1ccc(Cl)cc1N)C(C)C(=O)O. The molecule has 86 valence electrons. The van der Waals surface area contributed by atoms with Crippen LogP contribution in [0, 0.1) is 5.92 Å². The summed E-state index contributed by atoms with van der Waals surface area (Å²) in [6.45, 7) is 1.13. The lowest BCUT2D eigenvalue weighted by Gasteiger charge is -2.07. The molecular weight excluding hydrogens is 230 g/mol. The summed E-state index contributed by atoms with van der Waals surface area (Å²) in [5.74, 6) is -3.83. The first-order valence-electron chi connectivity index (χ1n) is 5.50. The minimum Gasteiger partial charge on any atom is -0.481 e. The van der Waals surface area contributed by atoms with Crippen molar-refractivity contribution in [2.75, 3.05) is 5.73 Å². The van der Waals surface area contributed by atoms with Gasteiger partial charge in [0.1, 0.15) is 0 Å². The van der Waals surface area contributed by atoms with Crippen LogP contribution >= 0.6 is 11.6 Å². The van der Waals surface area contributed by atoms with Crippen molar-refractivity contribution in [3.05, 3.63) is 28.8 Å². The van der Waals surface area contributed by atoms with Crippen LogP contribution < -0.4 is 5.73 Å². The van der Waals surface area contributed by atoms with E-state index < -0.39 is 24.0 Å². The minimum atomic E-state index is -2.53. The van der Waals surface area contributed by atoms with E-state index in [2.05, 4.69) is 0 Å². The first-order chi connectivity index (χ1) is 8.17. The lowest BCUT2D eigenvalue weighted by molar-refractivity contribution is -0.141. The molecule has 0 fully saturated rings. The van der Waals surface area contributed by atoms with Gasteiger partial charge >= 0.3 is 5.97 Å². The number of aliphatic carboxylic acids is 1. The van der Waals surface area contributed by atoms with E-state index in [1.807, 2.05) is 0 Å². The molecule has 0 aliphatic heterocycles. The highest BCUT2D eigenvalue weighted by Gasteiger charge is 2.18. The molecule has 1 unspecified atom stereocenters. The zero-order valence-electron chi connectivity index (χ0n) is 10.5. The number of carboxylic acids is 1. The van der Waals surface area contributed by atoms with Gasteiger partial charge in [0.15, 0.2) is 5.78 Å². The number of halogens is 1. The second-order valence-corrected chi connectivity index (χ2v) is 3.70. The van der Waals surface area contributed by atoms with E-state index in [0.717, 1.165) is 6.92 Å². The van der Waals surface area contributed by atoms with Gasteiger partial charge in [-0.05, 0) is 18.2 Å². The number of hydrogen-bond donors (Lipinski definition) is 2. The maximum atomic E-state index is 12.0. The van der Waals surface area contributed by atoms with E-state index >= 15 is 0 Å². The molecule has 0 aliphatic carbocycles. The number of Topliss-reactive ketones (excluding diaryl/α,β-unsaturated/α-hetero) is 1. The quantitative estimate of drug-likeness (QED) is 0.628. The Bertz CT molecular complexity index is 505. The van der Waals surface area contributed by atoms with Crippen molar-refractivity contribution in [1.29, 1.82) is 0 Å². The standard InChI is InChI=1S/C11H12ClNO3/c1-6(11(15)16)4-10(14)8-3-2-7(12)5-9(8)13/h2-3,5-6H,4,13H2,1H3,(H,15,16)/i4D2. The molecule has 0 amide bonds. The molecule has 0 aromatic heterocycles. The average Bonchev–Trinajstić information content (AvgIpc) is 2.27. The Morgan fingerprint density at radius 3 is 2.75 bits per heavy atom. The van der Waals surface area contributed by atoms with Crippen LogP contribution in [-0.4, -0.2) is 16.9 Å². The molecular formula is C11H12ClNO3. The number of ketones is 1. The Hall–Kier alpha value is -1.55. The van der Waals surface area contributed by atoms with Crippen LogP contribution in [0.4, 0.5) is 5.69 Å². The molecule has 3 N–H and O–H groups in total. The molecule has 5 heteroatoms. The fourth-order valence-corrected chi connectivity index (χ4v) is 1.26. The number of hydrogen-bond acceptors (Lipinski definition) is 3. The van der Waals surface area contributed by atoms with Crippen LogP contribution in [-0.2, 0) is 4.79 Å². The molecule has 0 heterocycles. The Balaban J connectivity index is 3.17. The van der Waals surface area contributed by atoms with Crippen LogP contribution in [0.3, 0.4) is 0 Å². The molecule has 4 nitrogen and oxygen atoms in total. The molecule has 1 atom stereocenters. The van der Waals surface area contributed by atoms with Gasteiger partial charge < -0.3 is 10.8 Å². The second kappa shape index (κ2) is 4.99. The van der Waals surface area contributed by atoms with Crippen LogP contribution in [0.1, 0.15) is 26.4 Å². The Labute approximate surface area is 101 Å². The number of carbonyl (C=O) groups excluding carboxylic acids is 1. The van der Waals surface area contributed by atoms with Crippen molar-refractivity contribution in [1.82, 2.24) is 0 Å². The van der Waals surface area contributed by atoms with E-state index in [0.29, 0.717) is 5.02 Å². The molecule has 0 saturated carbocycles. The van der Waals surface area contributed by atoms with Crippen molar-refractivity contribution in [3.63, 3.8) is 0 Å². The highest BCUT2D eigenvalue weighted by molar-refractivity contribution is 6.31. The van der Waals surface area contributed by atoms with Gasteiger partial charge in [0.25, 0.3) is 0 Å². The molecule has 0 spiro atoms. The van der Waals surface area contributed by atoms with E-state index in [-0.39, 0.29) is 11.3 Å². The number of nitrogen functional groups attached to an aromatic ring is 1. The van der Waals surface area contributed by atoms with Gasteiger partial charge in [0, 0.05) is 25.4 Å². The van der Waals surface area contributed by atoms with E-state index in [4.69, 9.17) is 25.2 Å². The van der Waals surface area contributed by atoms with Crippen molar-refractivity contribution in [2.45, 2.75) is 13.3 Å². The van der Waals surface area contributed by atoms with E-state index in [9.17, 15) is 9.59 Å². The van der Waals surface area contributed by atoms with Crippen molar-refractivity contribution >= 4 is 29.0 Å². The van der Waals surface area contributed by atoms with E-state index in [1.54, 1.807) is 0 Å². The number of benzene rings is 1. The summed E-state index contributed by atoms with van der Waals surface area (Å²) in [6, 6.07) is 4.00. The zero-order valence-corrected chi connectivity index (χ0v) is 9.28. The summed E-state index contributed by atoms with van der Waals surface area (Å²) in [6.07, 6.45) is -2.53. The molecule has 1 rings (SSSR count). The molecule has 1 aromatic rings. The number of rotatable bonds is 4. The van der Waals surface area contributed by atoms with E-state index in [1.165, 1.54) is 18.2 Å². The number of nitrogens with two attached hydrogens (primary N) is 1. The average molecular weight is 244 g/mol. The predicted molar refractivity (Wildman–Crippen MR) is 61.6 cm³/mol. The van der Waals surface area contributed by atoms with Crippen molar-refractivity contribution in [2.24, 2.45) is 5.92 Å². The van der Waals surface area contributed by atoms with Crippen LogP contribution in [0.5, 0.6) is 0 Å². The first kappa shape index (κ1) is 9.66. The third-order valence-electron chi connectivity index (χ3n) is 1.98. The van der Waals surface area contributed by atoms with Crippen LogP contribution in [0.15, 0.2) is 18.2 Å². The summed E-state index contributed by atoms with van der Waals surface area (Å²) in [5, 5.41) is 9.10. The summed E-state index contributed by atoms with van der Waals surface area (Å²) < 4.78 is 15.2. The highest BCUT2D eigenvalue weighted by atomic mass is 35.5. The molecule has 1 aromatic carbocycles. The topological polar surface area (TPSA) is 80.4 Å². The molecule has 0 radical (unpaired) electrons. The van der Waals surface area contributed by atoms with Gasteiger partial charge in [0.05, 0.1) is 5.92 Å². The Kier molecular flexibility index (Phi) is 3.01. The molecule has 0 aliphatic rings. The Morgan fingerprint density at radius 2 is 2.25 bits per heavy atom. The molecule has 0 bridgehead atoms. The van der Waals surface area contributed by atoms with Gasteiger partial charge in [-0.2, -0.15) is 0 Å². The normalized spacial score (nSPS) is 14.9. The van der Waals surface area contributed by atoms with Gasteiger partial charge in [0.2, 0.25) is 0 Å². The van der Waals surface area contributed by atoms with Gasteiger partial charge in [-0.1, -0.05) is 18.5 Å². The lowest BCUT2D eigenvalue weighted by Crippen LogP contribution is -2.15. The van der Waals surface area contributed by atoms with Crippen molar-refractivity contribution in [3.8, 4) is 0 Å². The number of carbonyl (C=O) groups is 2. The maximum absolute atomic E-state index is 12.0. The molecule has 0 saturated heterocycles. The van der Waals surface area contributed by atoms with Gasteiger partial charge in [-0.25, -0.2) is 0 Å². The smallest absolute Gasteiger partial charge is 0.306 e. The Morgan fingerprint density at radius 1 is 1.62 bits per heavy atom. The van der Waals surface area contributed by atoms with Gasteiger partial charge in [-0.3, -0.25) is 9.59 Å². The predicted octanol–water partition coefficient (Wildman–Crippen LogP) is 2.22. The number of carboxylic acid groups (broad SMARTS) is 1. The monoisotopic (exact) mass is 243 g/mol. The lowest BCUT2D eigenvalue weighted by atomic mass is 9.99. The summed E-state index contributed by atoms with van der Waals surface area (Å²) in [5.41, 5.74) is 5.53. The second-order valence-electron chi connectivity index (χ2n) is 3.26.